The molecular weight excluding hydrogens is 446 g/mol. The van der Waals surface area contributed by atoms with Gasteiger partial charge in [0.05, 0.1) is 17.9 Å². The van der Waals surface area contributed by atoms with Crippen LogP contribution in [-0.2, 0) is 36.5 Å². The fourth-order valence-electron chi connectivity index (χ4n) is 4.68. The van der Waals surface area contributed by atoms with Crippen LogP contribution in [0.25, 0.3) is 22.5 Å². The van der Waals surface area contributed by atoms with E-state index in [4.69, 9.17) is 5.10 Å². The van der Waals surface area contributed by atoms with E-state index in [-0.39, 0.29) is 17.1 Å². The topological polar surface area (TPSA) is 30.7 Å². The molecule has 0 spiro atoms. The Morgan fingerprint density at radius 3 is 2.39 bits per heavy atom. The Morgan fingerprint density at radius 2 is 1.73 bits per heavy atom. The first-order valence-electron chi connectivity index (χ1n) is 11.2. The summed E-state index contributed by atoms with van der Waals surface area (Å²) in [5.74, 6) is 0. The van der Waals surface area contributed by atoms with Crippen LogP contribution in [-0.4, -0.2) is 14.8 Å². The van der Waals surface area contributed by atoms with Crippen LogP contribution >= 0.6 is 0 Å². The van der Waals surface area contributed by atoms with Crippen LogP contribution in [0.3, 0.4) is 0 Å². The fraction of sp³-hybridized carbons (Fsp3) is 0.172. The third kappa shape index (κ3) is 4.78. The molecule has 33 heavy (non-hydrogen) atoms. The normalized spacial score (nSPS) is 11.6. The van der Waals surface area contributed by atoms with E-state index >= 15 is 0 Å². The number of hydrogen-bond acceptors (Lipinski definition) is 2. The first-order chi connectivity index (χ1) is 15.7. The molecule has 0 amide bonds. The van der Waals surface area contributed by atoms with Gasteiger partial charge in [-0.3, -0.25) is 9.67 Å². The van der Waals surface area contributed by atoms with Crippen LogP contribution in [0.15, 0.2) is 91.1 Å². The fourth-order valence-corrected chi connectivity index (χ4v) is 4.68. The minimum absolute atomic E-state index is 0. The van der Waals surface area contributed by atoms with Crippen molar-refractivity contribution in [1.82, 2.24) is 14.8 Å². The van der Waals surface area contributed by atoms with Gasteiger partial charge in [0, 0.05) is 11.8 Å². The van der Waals surface area contributed by atoms with Gasteiger partial charge in [0.2, 0.25) is 0 Å². The molecule has 1 aliphatic carbocycles. The molecule has 3 nitrogen and oxygen atoms in total. The summed E-state index contributed by atoms with van der Waals surface area (Å²) < 4.78 is 2.15. The Hall–Kier alpha value is -3.20. The van der Waals surface area contributed by atoms with Crippen molar-refractivity contribution in [2.24, 2.45) is 0 Å². The monoisotopic (exact) mass is 473 g/mol. The number of rotatable bonds is 3. The molecule has 0 radical (unpaired) electrons. The van der Waals surface area contributed by atoms with E-state index in [0.717, 1.165) is 24.2 Å². The predicted molar refractivity (Wildman–Crippen MR) is 131 cm³/mol. The van der Waals surface area contributed by atoms with Crippen molar-refractivity contribution in [3.05, 3.63) is 119 Å². The molecule has 0 aliphatic heterocycles. The van der Waals surface area contributed by atoms with Crippen molar-refractivity contribution in [3.63, 3.8) is 0 Å². The van der Waals surface area contributed by atoms with Gasteiger partial charge >= 0.3 is 17.1 Å². The summed E-state index contributed by atoms with van der Waals surface area (Å²) in [6.07, 6.45) is 3.97. The average Bonchev–Trinajstić information content (AvgIpc) is 3.57. The Labute approximate surface area is 206 Å². The maximum Gasteiger partial charge on any atom is 2.00 e. The molecule has 6 rings (SSSR count). The summed E-state index contributed by atoms with van der Waals surface area (Å²) in [6, 6.07) is 29.2. The second kappa shape index (κ2) is 10.2. The van der Waals surface area contributed by atoms with Crippen LogP contribution in [0.5, 0.6) is 0 Å². The van der Waals surface area contributed by atoms with Gasteiger partial charge in [-0.2, -0.15) is 41.5 Å². The molecule has 0 atom stereocenters. The van der Waals surface area contributed by atoms with E-state index in [9.17, 15) is 0 Å². The molecule has 3 aromatic carbocycles. The van der Waals surface area contributed by atoms with Crippen molar-refractivity contribution < 1.29 is 17.1 Å². The van der Waals surface area contributed by atoms with Gasteiger partial charge < -0.3 is 0 Å². The minimum Gasteiger partial charge on any atom is -0.298 e. The molecule has 166 valence electrons. The third-order valence-electron chi connectivity index (χ3n) is 6.08. The maximum atomic E-state index is 5.10. The van der Waals surface area contributed by atoms with Crippen molar-refractivity contribution in [3.8, 4) is 22.5 Å². The van der Waals surface area contributed by atoms with Gasteiger partial charge in [0.15, 0.2) is 0 Å². The molecule has 0 unspecified atom stereocenters. The SMILES string of the molecule is Cc1cc(C)c2c(c1)-c1nn(Cc3ccccn3)c(-c3ccc[cH-]3)c1CC2.[Fe+2].c1cc[cH-]c1. The van der Waals surface area contributed by atoms with E-state index in [1.807, 2.05) is 48.7 Å². The average molecular weight is 473 g/mol. The molecule has 4 heteroatoms. The largest absolute Gasteiger partial charge is 2.00 e. The van der Waals surface area contributed by atoms with E-state index in [1.165, 1.54) is 39.1 Å². The molecule has 0 bridgehead atoms. The number of aromatic nitrogens is 3. The molecule has 2 aromatic heterocycles. The van der Waals surface area contributed by atoms with Gasteiger partial charge in [0.25, 0.3) is 0 Å². The number of pyridine rings is 1. The molecule has 2 heterocycles. The first kappa shape index (κ1) is 23.0. The predicted octanol–water partition coefficient (Wildman–Crippen LogP) is 6.50. The minimum atomic E-state index is 0. The zero-order valence-corrected chi connectivity index (χ0v) is 20.1. The summed E-state index contributed by atoms with van der Waals surface area (Å²) in [5, 5.41) is 5.10. The maximum absolute atomic E-state index is 5.10. The summed E-state index contributed by atoms with van der Waals surface area (Å²) in [7, 11) is 0. The van der Waals surface area contributed by atoms with E-state index in [1.54, 1.807) is 0 Å². The quantitative estimate of drug-likeness (QED) is 0.221. The molecular formula is C29H27FeN3. The first-order valence-corrected chi connectivity index (χ1v) is 11.2. The van der Waals surface area contributed by atoms with Gasteiger partial charge in [-0.15, -0.1) is 11.6 Å². The molecule has 0 N–H and O–H groups in total. The zero-order valence-electron chi connectivity index (χ0n) is 19.0. The Balaban J connectivity index is 0.000000385. The second-order valence-electron chi connectivity index (χ2n) is 8.40. The Morgan fingerprint density at radius 1 is 0.909 bits per heavy atom. The third-order valence-corrected chi connectivity index (χ3v) is 6.08. The van der Waals surface area contributed by atoms with Crippen molar-refractivity contribution in [1.29, 1.82) is 0 Å². The van der Waals surface area contributed by atoms with Crippen molar-refractivity contribution in [2.45, 2.75) is 33.2 Å². The van der Waals surface area contributed by atoms with Crippen LogP contribution in [0.1, 0.15) is 27.9 Å². The smallest absolute Gasteiger partial charge is 0.298 e. The second-order valence-corrected chi connectivity index (χ2v) is 8.40. The summed E-state index contributed by atoms with van der Waals surface area (Å²) >= 11 is 0. The van der Waals surface area contributed by atoms with Crippen molar-refractivity contribution >= 4 is 0 Å². The molecule has 1 aliphatic rings. The Bertz CT molecular complexity index is 1280. The molecule has 0 fully saturated rings. The van der Waals surface area contributed by atoms with Gasteiger partial charge in [-0.05, 0) is 67.3 Å². The standard InChI is InChI=1S/C24H22N3.C5H5.Fe/c1-16-13-17(2)20-10-11-21-23(22(20)14-16)26-27(15-19-9-5-6-12-25-19)24(21)18-7-3-4-8-18;1-2-4-5-3-1;/h3-9,12-14H,10-11,15H2,1-2H3;1-5H;/q2*-1;+2. The van der Waals surface area contributed by atoms with E-state index < -0.39 is 0 Å². The van der Waals surface area contributed by atoms with Crippen LogP contribution in [0.4, 0.5) is 0 Å². The molecule has 0 saturated heterocycles. The van der Waals surface area contributed by atoms with Crippen LogP contribution in [0.2, 0.25) is 0 Å². The van der Waals surface area contributed by atoms with Crippen LogP contribution < -0.4 is 0 Å². The van der Waals surface area contributed by atoms with E-state index in [2.05, 4.69) is 66.0 Å². The number of nitrogens with zero attached hydrogens (tertiary/aromatic N) is 3. The molecule has 5 aromatic rings. The summed E-state index contributed by atoms with van der Waals surface area (Å²) in [5.41, 5.74) is 11.5. The number of hydrogen-bond donors (Lipinski definition) is 0. The number of benzene rings is 1. The molecule has 0 saturated carbocycles. The van der Waals surface area contributed by atoms with Gasteiger partial charge in [-0.1, -0.05) is 17.7 Å². The van der Waals surface area contributed by atoms with E-state index in [0.29, 0.717) is 6.54 Å². The van der Waals surface area contributed by atoms with Crippen molar-refractivity contribution in [2.75, 3.05) is 0 Å². The van der Waals surface area contributed by atoms with Crippen LogP contribution in [0, 0.1) is 13.8 Å². The number of fused-ring (bicyclic) bond motifs is 3. The van der Waals surface area contributed by atoms with Gasteiger partial charge in [0.1, 0.15) is 0 Å². The Kier molecular flexibility index (Phi) is 7.07. The summed E-state index contributed by atoms with van der Waals surface area (Å²) in [6.45, 7) is 5.08. The zero-order chi connectivity index (χ0) is 21.9. The number of aryl methyl sites for hydroxylation is 2. The van der Waals surface area contributed by atoms with Gasteiger partial charge in [-0.25, -0.2) is 12.1 Å². The summed E-state index contributed by atoms with van der Waals surface area (Å²) in [4.78, 5) is 4.51.